The monoisotopic (exact) mass is 467 g/mol. The zero-order valence-corrected chi connectivity index (χ0v) is 17.4. The molecule has 11 heteroatoms. The number of alkyl halides is 2. The maximum Gasteiger partial charge on any atom is 0.387 e. The number of aromatic nitrogens is 2. The molecular weight excluding hydrogens is 456 g/mol. The topological polar surface area (TPSA) is 73.2 Å². The van der Waals surface area contributed by atoms with Gasteiger partial charge in [-0.3, -0.25) is 14.2 Å². The first-order chi connectivity index (χ1) is 14.4. The minimum atomic E-state index is -3.01. The normalized spacial score (nSPS) is 11.2. The number of halogens is 3. The first kappa shape index (κ1) is 20.5. The first-order valence-corrected chi connectivity index (χ1v) is 10.6. The van der Waals surface area contributed by atoms with Gasteiger partial charge in [-0.05, 0) is 29.6 Å². The number of fused-ring (bicyclic) bond motifs is 1. The van der Waals surface area contributed by atoms with Crippen LogP contribution >= 0.6 is 34.3 Å². The van der Waals surface area contributed by atoms with Gasteiger partial charge in [0.15, 0.2) is 0 Å². The largest absolute Gasteiger partial charge is 0.433 e. The third-order valence-corrected chi connectivity index (χ3v) is 6.18. The third kappa shape index (κ3) is 4.20. The van der Waals surface area contributed by atoms with Crippen molar-refractivity contribution in [1.82, 2.24) is 9.55 Å². The second kappa shape index (κ2) is 8.50. The molecule has 6 nitrogen and oxygen atoms in total. The molecule has 30 heavy (non-hydrogen) atoms. The van der Waals surface area contributed by atoms with Crippen molar-refractivity contribution in [2.24, 2.45) is 0 Å². The number of ether oxygens (including phenoxy) is 1. The fourth-order valence-corrected chi connectivity index (χ4v) is 4.76. The number of nitrogens with one attached hydrogen (secondary N) is 1. The predicted molar refractivity (Wildman–Crippen MR) is 114 cm³/mol. The standard InChI is InChI=1S/C19H12ClF2N3O3S2/c20-12-6-10(3-4-13(12)28-19(21)22)24-15(26)7-25-9-23-17-16(18(25)27)11(8-30-17)14-2-1-5-29-14/h1-6,8-9,19H,7H2,(H,24,26). The van der Waals surface area contributed by atoms with Gasteiger partial charge in [0.25, 0.3) is 5.56 Å². The van der Waals surface area contributed by atoms with Gasteiger partial charge in [-0.2, -0.15) is 8.78 Å². The molecule has 0 fully saturated rings. The van der Waals surface area contributed by atoms with E-state index < -0.39 is 12.5 Å². The molecular formula is C19H12ClF2N3O3S2. The van der Waals surface area contributed by atoms with E-state index in [1.165, 1.54) is 51.8 Å². The predicted octanol–water partition coefficient (Wildman–Crippen LogP) is 5.08. The van der Waals surface area contributed by atoms with Crippen molar-refractivity contribution in [2.75, 3.05) is 5.32 Å². The van der Waals surface area contributed by atoms with Crippen LogP contribution in [0.2, 0.25) is 5.02 Å². The summed E-state index contributed by atoms with van der Waals surface area (Å²) in [6.45, 7) is -3.28. The number of carbonyl (C=O) groups excluding carboxylic acids is 1. The molecule has 0 atom stereocenters. The van der Waals surface area contributed by atoms with E-state index in [-0.39, 0.29) is 28.6 Å². The average Bonchev–Trinajstić information content (AvgIpc) is 3.35. The van der Waals surface area contributed by atoms with Gasteiger partial charge in [0.2, 0.25) is 5.91 Å². The number of nitrogens with zero attached hydrogens (tertiary/aromatic N) is 2. The highest BCUT2D eigenvalue weighted by Crippen LogP contribution is 2.33. The summed E-state index contributed by atoms with van der Waals surface area (Å²) in [6.07, 6.45) is 1.32. The molecule has 154 valence electrons. The fourth-order valence-electron chi connectivity index (χ4n) is 2.82. The van der Waals surface area contributed by atoms with Crippen LogP contribution in [0.3, 0.4) is 0 Å². The molecule has 1 aromatic carbocycles. The highest BCUT2D eigenvalue weighted by atomic mass is 35.5. The molecule has 0 unspecified atom stereocenters. The van der Waals surface area contributed by atoms with Crippen molar-refractivity contribution in [3.05, 3.63) is 62.8 Å². The van der Waals surface area contributed by atoms with Gasteiger partial charge in [-0.15, -0.1) is 22.7 Å². The smallest absolute Gasteiger partial charge is 0.387 e. The maximum absolute atomic E-state index is 12.9. The van der Waals surface area contributed by atoms with Gasteiger partial charge in [0.1, 0.15) is 17.1 Å². The Bertz CT molecular complexity index is 1270. The van der Waals surface area contributed by atoms with Gasteiger partial charge in [-0.1, -0.05) is 17.7 Å². The molecule has 0 aliphatic rings. The zero-order valence-electron chi connectivity index (χ0n) is 15.0. The van der Waals surface area contributed by atoms with E-state index in [1.54, 1.807) is 0 Å². The molecule has 3 heterocycles. The lowest BCUT2D eigenvalue weighted by molar-refractivity contribution is -0.116. The Hall–Kier alpha value is -2.82. The van der Waals surface area contributed by atoms with Crippen molar-refractivity contribution in [3.63, 3.8) is 0 Å². The second-order valence-corrected chi connectivity index (χ2v) is 8.27. The molecule has 0 aliphatic carbocycles. The number of anilines is 1. The van der Waals surface area contributed by atoms with Gasteiger partial charge in [0, 0.05) is 21.5 Å². The molecule has 4 aromatic rings. The van der Waals surface area contributed by atoms with Crippen molar-refractivity contribution < 1.29 is 18.3 Å². The Balaban J connectivity index is 1.55. The molecule has 4 rings (SSSR count). The van der Waals surface area contributed by atoms with Crippen LogP contribution in [0, 0.1) is 0 Å². The van der Waals surface area contributed by atoms with E-state index in [0.29, 0.717) is 10.2 Å². The van der Waals surface area contributed by atoms with Crippen LogP contribution in [0.25, 0.3) is 20.7 Å². The summed E-state index contributed by atoms with van der Waals surface area (Å²) in [6, 6.07) is 7.70. The van der Waals surface area contributed by atoms with Crippen LogP contribution in [-0.4, -0.2) is 22.1 Å². The highest BCUT2D eigenvalue weighted by molar-refractivity contribution is 7.18. The van der Waals surface area contributed by atoms with Gasteiger partial charge >= 0.3 is 6.61 Å². The van der Waals surface area contributed by atoms with Crippen LogP contribution in [0.15, 0.2) is 52.2 Å². The molecule has 0 saturated carbocycles. The summed E-state index contributed by atoms with van der Waals surface area (Å²) < 4.78 is 30.1. The van der Waals surface area contributed by atoms with E-state index in [4.69, 9.17) is 11.6 Å². The second-order valence-electron chi connectivity index (χ2n) is 6.06. The minimum absolute atomic E-state index is 0.0767. The quantitative estimate of drug-likeness (QED) is 0.429. The fraction of sp³-hybridized carbons (Fsp3) is 0.105. The highest BCUT2D eigenvalue weighted by Gasteiger charge is 2.16. The van der Waals surface area contributed by atoms with Gasteiger partial charge < -0.3 is 10.1 Å². The molecule has 0 radical (unpaired) electrons. The molecule has 1 amide bonds. The molecule has 0 bridgehead atoms. The molecule has 3 aromatic heterocycles. The summed E-state index contributed by atoms with van der Waals surface area (Å²) in [5, 5.41) is 6.76. The summed E-state index contributed by atoms with van der Waals surface area (Å²) in [5.41, 5.74) is 0.751. The summed E-state index contributed by atoms with van der Waals surface area (Å²) >= 11 is 8.77. The minimum Gasteiger partial charge on any atom is -0.433 e. The Morgan fingerprint density at radius 2 is 2.13 bits per heavy atom. The van der Waals surface area contributed by atoms with Crippen LogP contribution < -0.4 is 15.6 Å². The number of hydrogen-bond donors (Lipinski definition) is 1. The van der Waals surface area contributed by atoms with Crippen molar-refractivity contribution in [1.29, 1.82) is 0 Å². The number of rotatable bonds is 6. The van der Waals surface area contributed by atoms with E-state index in [2.05, 4.69) is 15.0 Å². The number of amides is 1. The summed E-state index contributed by atoms with van der Waals surface area (Å²) in [5.74, 6) is -0.696. The number of thiophene rings is 2. The average molecular weight is 468 g/mol. The van der Waals surface area contributed by atoms with Gasteiger partial charge in [-0.25, -0.2) is 4.98 Å². The SMILES string of the molecule is O=C(Cn1cnc2scc(-c3cccs3)c2c1=O)Nc1ccc(OC(F)F)c(Cl)c1. The van der Waals surface area contributed by atoms with Gasteiger partial charge in [0.05, 0.1) is 16.7 Å². The zero-order chi connectivity index (χ0) is 21.3. The first-order valence-electron chi connectivity index (χ1n) is 8.47. The van der Waals surface area contributed by atoms with Crippen LogP contribution in [-0.2, 0) is 11.3 Å². The Kier molecular flexibility index (Phi) is 5.80. The number of hydrogen-bond acceptors (Lipinski definition) is 6. The number of benzene rings is 1. The van der Waals surface area contributed by atoms with E-state index in [0.717, 1.165) is 10.4 Å². The summed E-state index contributed by atoms with van der Waals surface area (Å²) in [4.78, 5) is 31.2. The third-order valence-electron chi connectivity index (χ3n) is 4.09. The molecule has 0 saturated heterocycles. The lowest BCUT2D eigenvalue weighted by atomic mass is 10.2. The van der Waals surface area contributed by atoms with Crippen LogP contribution in [0.4, 0.5) is 14.5 Å². The van der Waals surface area contributed by atoms with E-state index >= 15 is 0 Å². The lowest BCUT2D eigenvalue weighted by Crippen LogP contribution is -2.27. The maximum atomic E-state index is 12.9. The lowest BCUT2D eigenvalue weighted by Gasteiger charge is -2.10. The Morgan fingerprint density at radius 3 is 2.83 bits per heavy atom. The van der Waals surface area contributed by atoms with Crippen molar-refractivity contribution in [2.45, 2.75) is 13.2 Å². The number of carbonyl (C=O) groups is 1. The van der Waals surface area contributed by atoms with E-state index in [9.17, 15) is 18.4 Å². The van der Waals surface area contributed by atoms with Crippen molar-refractivity contribution in [3.8, 4) is 16.2 Å². The van der Waals surface area contributed by atoms with E-state index in [1.807, 2.05) is 22.9 Å². The Morgan fingerprint density at radius 1 is 1.30 bits per heavy atom. The van der Waals surface area contributed by atoms with Crippen LogP contribution in [0.1, 0.15) is 0 Å². The van der Waals surface area contributed by atoms with Crippen molar-refractivity contribution >= 4 is 56.1 Å². The molecule has 0 spiro atoms. The molecule has 0 aliphatic heterocycles. The summed E-state index contributed by atoms with van der Waals surface area (Å²) in [7, 11) is 0. The Labute approximate surface area is 181 Å². The van der Waals surface area contributed by atoms with Crippen LogP contribution in [0.5, 0.6) is 5.75 Å². The molecule has 1 N–H and O–H groups in total.